The molecular formula is C19H15F4N3O2S. The first-order valence-corrected chi connectivity index (χ1v) is 9.27. The van der Waals surface area contributed by atoms with Crippen molar-refractivity contribution in [1.29, 1.82) is 0 Å². The van der Waals surface area contributed by atoms with Crippen molar-refractivity contribution in [3.63, 3.8) is 0 Å². The molecule has 0 radical (unpaired) electrons. The van der Waals surface area contributed by atoms with Crippen LogP contribution in [0.2, 0.25) is 0 Å². The zero-order valence-electron chi connectivity index (χ0n) is 15.0. The van der Waals surface area contributed by atoms with Crippen molar-refractivity contribution < 1.29 is 27.2 Å². The molecule has 0 aliphatic carbocycles. The highest BCUT2D eigenvalue weighted by atomic mass is 32.2. The fourth-order valence-corrected chi connectivity index (χ4v) is 3.73. The molecule has 5 nitrogen and oxygen atoms in total. The first-order valence-electron chi connectivity index (χ1n) is 8.39. The molecule has 152 valence electrons. The summed E-state index contributed by atoms with van der Waals surface area (Å²) in [5, 5.41) is 1.97. The molecule has 0 saturated carbocycles. The van der Waals surface area contributed by atoms with Crippen LogP contribution in [-0.2, 0) is 15.8 Å². The second kappa shape index (κ2) is 8.24. The third kappa shape index (κ3) is 5.14. The van der Waals surface area contributed by atoms with E-state index in [-0.39, 0.29) is 18.0 Å². The minimum atomic E-state index is -4.52. The molecular weight excluding hydrogens is 410 g/mol. The highest BCUT2D eigenvalue weighted by molar-refractivity contribution is 8.15. The molecule has 1 fully saturated rings. The Bertz CT molecular complexity index is 961. The normalized spacial score (nSPS) is 18.4. The molecule has 1 aliphatic rings. The maximum absolute atomic E-state index is 13.0. The summed E-state index contributed by atoms with van der Waals surface area (Å²) in [6, 6.07) is 9.64. The van der Waals surface area contributed by atoms with Gasteiger partial charge in [-0.1, -0.05) is 17.8 Å². The Labute approximate surface area is 167 Å². The summed E-state index contributed by atoms with van der Waals surface area (Å²) in [6.45, 7) is 0. The Morgan fingerprint density at radius 1 is 1.21 bits per heavy atom. The number of nitrogens with zero attached hydrogens (tertiary/aromatic N) is 2. The molecule has 1 N–H and O–H groups in total. The summed E-state index contributed by atoms with van der Waals surface area (Å²) in [4.78, 5) is 30.2. The number of rotatable bonds is 4. The number of hydrogen-bond acceptors (Lipinski definition) is 4. The standard InChI is InChI=1S/C19H15F4N3O2S/c1-26-17(28)15(29-18(26)25-13-7-5-12(20)6-8-13)10-16(27)24-14-4-2-3-11(9-14)19(21,22)23/h2-9,15H,10H2,1H3,(H,24,27). The van der Waals surface area contributed by atoms with E-state index in [0.717, 1.165) is 23.9 Å². The lowest BCUT2D eigenvalue weighted by atomic mass is 10.2. The topological polar surface area (TPSA) is 61.8 Å². The van der Waals surface area contributed by atoms with E-state index in [0.29, 0.717) is 10.9 Å². The minimum Gasteiger partial charge on any atom is -0.326 e. The van der Waals surface area contributed by atoms with Crippen LogP contribution in [-0.4, -0.2) is 34.2 Å². The van der Waals surface area contributed by atoms with Gasteiger partial charge >= 0.3 is 6.18 Å². The maximum atomic E-state index is 13.0. The van der Waals surface area contributed by atoms with E-state index < -0.39 is 28.7 Å². The fraction of sp³-hybridized carbons (Fsp3) is 0.211. The second-order valence-electron chi connectivity index (χ2n) is 6.21. The lowest BCUT2D eigenvalue weighted by Gasteiger charge is -2.11. The molecule has 1 atom stereocenters. The summed E-state index contributed by atoms with van der Waals surface area (Å²) in [6.07, 6.45) is -4.75. The van der Waals surface area contributed by atoms with E-state index in [9.17, 15) is 27.2 Å². The number of halogens is 4. The number of amides is 2. The van der Waals surface area contributed by atoms with Crippen LogP contribution < -0.4 is 5.32 Å². The number of alkyl halides is 3. The van der Waals surface area contributed by atoms with Crippen molar-refractivity contribution in [3.8, 4) is 0 Å². The summed E-state index contributed by atoms with van der Waals surface area (Å²) >= 11 is 1.06. The third-order valence-electron chi connectivity index (χ3n) is 4.04. The maximum Gasteiger partial charge on any atom is 0.416 e. The molecule has 0 spiro atoms. The number of aliphatic imine (C=N–C) groups is 1. The number of hydrogen-bond donors (Lipinski definition) is 1. The number of thioether (sulfide) groups is 1. The molecule has 10 heteroatoms. The van der Waals surface area contributed by atoms with Crippen molar-refractivity contribution in [3.05, 3.63) is 59.9 Å². The van der Waals surface area contributed by atoms with Gasteiger partial charge in [-0.05, 0) is 42.5 Å². The average molecular weight is 425 g/mol. The van der Waals surface area contributed by atoms with Crippen LogP contribution in [0.5, 0.6) is 0 Å². The fourth-order valence-electron chi connectivity index (χ4n) is 2.58. The quantitative estimate of drug-likeness (QED) is 0.737. The van der Waals surface area contributed by atoms with Crippen LogP contribution in [0, 0.1) is 5.82 Å². The molecule has 29 heavy (non-hydrogen) atoms. The second-order valence-corrected chi connectivity index (χ2v) is 7.38. The Hall–Kier alpha value is -2.88. The van der Waals surface area contributed by atoms with Gasteiger partial charge in [0, 0.05) is 19.2 Å². The van der Waals surface area contributed by atoms with Crippen LogP contribution in [0.3, 0.4) is 0 Å². The predicted molar refractivity (Wildman–Crippen MR) is 102 cm³/mol. The average Bonchev–Trinajstić information content (AvgIpc) is 2.91. The number of benzene rings is 2. The number of anilines is 1. The van der Waals surface area contributed by atoms with Gasteiger partial charge in [0.25, 0.3) is 0 Å². The van der Waals surface area contributed by atoms with Crippen molar-refractivity contribution in [1.82, 2.24) is 4.90 Å². The zero-order valence-corrected chi connectivity index (χ0v) is 15.9. The number of carbonyl (C=O) groups is 2. The van der Waals surface area contributed by atoms with Crippen LogP contribution in [0.15, 0.2) is 53.5 Å². The number of carbonyl (C=O) groups excluding carboxylic acids is 2. The van der Waals surface area contributed by atoms with Crippen molar-refractivity contribution >= 4 is 40.1 Å². The van der Waals surface area contributed by atoms with Gasteiger partial charge in [0.2, 0.25) is 11.8 Å². The Morgan fingerprint density at radius 2 is 1.90 bits per heavy atom. The van der Waals surface area contributed by atoms with E-state index in [1.165, 1.54) is 48.3 Å². The third-order valence-corrected chi connectivity index (χ3v) is 5.27. The summed E-state index contributed by atoms with van der Waals surface area (Å²) in [7, 11) is 1.50. The number of nitrogens with one attached hydrogen (secondary N) is 1. The smallest absolute Gasteiger partial charge is 0.326 e. The summed E-state index contributed by atoms with van der Waals surface area (Å²) in [5.74, 6) is -1.36. The minimum absolute atomic E-state index is 0.00571. The lowest BCUT2D eigenvalue weighted by Crippen LogP contribution is -2.30. The van der Waals surface area contributed by atoms with Gasteiger partial charge in [-0.3, -0.25) is 14.5 Å². The van der Waals surface area contributed by atoms with Gasteiger partial charge in [0.15, 0.2) is 5.17 Å². The molecule has 2 aromatic rings. The molecule has 0 aromatic heterocycles. The first-order chi connectivity index (χ1) is 13.6. The SMILES string of the molecule is CN1C(=O)C(CC(=O)Nc2cccc(C(F)(F)F)c2)SC1=Nc1ccc(F)cc1. The van der Waals surface area contributed by atoms with Crippen molar-refractivity contribution in [2.24, 2.45) is 4.99 Å². The monoisotopic (exact) mass is 425 g/mol. The van der Waals surface area contributed by atoms with E-state index in [2.05, 4.69) is 10.3 Å². The van der Waals surface area contributed by atoms with Crippen LogP contribution >= 0.6 is 11.8 Å². The Balaban J connectivity index is 1.66. The molecule has 0 bridgehead atoms. The van der Waals surface area contributed by atoms with Gasteiger partial charge in [-0.25, -0.2) is 9.38 Å². The van der Waals surface area contributed by atoms with Gasteiger partial charge in [-0.15, -0.1) is 0 Å². The predicted octanol–water partition coefficient (Wildman–Crippen LogP) is 4.43. The van der Waals surface area contributed by atoms with Gasteiger partial charge in [0.1, 0.15) is 11.1 Å². The van der Waals surface area contributed by atoms with Crippen LogP contribution in [0.4, 0.5) is 28.9 Å². The lowest BCUT2D eigenvalue weighted by molar-refractivity contribution is -0.137. The summed E-state index contributed by atoms with van der Waals surface area (Å²) < 4.78 is 51.3. The number of amidine groups is 1. The molecule has 1 unspecified atom stereocenters. The first kappa shape index (κ1) is 20.8. The van der Waals surface area contributed by atoms with E-state index >= 15 is 0 Å². The van der Waals surface area contributed by atoms with E-state index in [1.807, 2.05) is 0 Å². The highest BCUT2D eigenvalue weighted by Gasteiger charge is 2.37. The Morgan fingerprint density at radius 3 is 2.55 bits per heavy atom. The van der Waals surface area contributed by atoms with Gasteiger partial charge in [-0.2, -0.15) is 13.2 Å². The van der Waals surface area contributed by atoms with E-state index in [1.54, 1.807) is 0 Å². The summed E-state index contributed by atoms with van der Waals surface area (Å²) in [5.41, 5.74) is -0.438. The van der Waals surface area contributed by atoms with Crippen LogP contribution in [0.1, 0.15) is 12.0 Å². The van der Waals surface area contributed by atoms with Gasteiger partial charge < -0.3 is 5.32 Å². The van der Waals surface area contributed by atoms with Gasteiger partial charge in [0.05, 0.1) is 11.3 Å². The largest absolute Gasteiger partial charge is 0.416 e. The molecule has 2 amide bonds. The van der Waals surface area contributed by atoms with Crippen LogP contribution in [0.25, 0.3) is 0 Å². The van der Waals surface area contributed by atoms with E-state index in [4.69, 9.17) is 0 Å². The molecule has 1 saturated heterocycles. The van der Waals surface area contributed by atoms with Crippen molar-refractivity contribution in [2.45, 2.75) is 17.8 Å². The van der Waals surface area contributed by atoms with Crippen molar-refractivity contribution in [2.75, 3.05) is 12.4 Å². The zero-order chi connectivity index (χ0) is 21.2. The molecule has 1 heterocycles. The Kier molecular flexibility index (Phi) is 5.92. The molecule has 1 aliphatic heterocycles. The highest BCUT2D eigenvalue weighted by Crippen LogP contribution is 2.32. The molecule has 3 rings (SSSR count). The molecule has 2 aromatic carbocycles.